The highest BCUT2D eigenvalue weighted by molar-refractivity contribution is 5.90. The Balaban J connectivity index is 1.97. The van der Waals surface area contributed by atoms with Crippen LogP contribution < -0.4 is 0 Å². The lowest BCUT2D eigenvalue weighted by atomic mass is 10.0. The van der Waals surface area contributed by atoms with Crippen molar-refractivity contribution in [2.75, 3.05) is 0 Å². The summed E-state index contributed by atoms with van der Waals surface area (Å²) < 4.78 is 5.06. The van der Waals surface area contributed by atoms with Gasteiger partial charge in [0, 0.05) is 12.8 Å². The maximum Gasteiger partial charge on any atom is 0.336 e. The molecule has 0 amide bonds. The molecule has 1 aliphatic carbocycles. The molecule has 0 aromatic heterocycles. The third kappa shape index (κ3) is 4.38. The molecule has 0 radical (unpaired) electrons. The predicted molar refractivity (Wildman–Crippen MR) is 89.2 cm³/mol. The predicted octanol–water partition coefficient (Wildman–Crippen LogP) is 2.25. The van der Waals surface area contributed by atoms with E-state index in [0.717, 1.165) is 23.1 Å². The number of Topliss-reactive ketones (excluding diaryl/α,β-unsaturated/α-hetero) is 2. The summed E-state index contributed by atoms with van der Waals surface area (Å²) in [5, 5.41) is 10.1. The average molecular weight is 330 g/mol. The zero-order chi connectivity index (χ0) is 17.7. The highest BCUT2D eigenvalue weighted by Crippen LogP contribution is 2.30. The molecule has 5 heteroatoms. The van der Waals surface area contributed by atoms with Crippen molar-refractivity contribution in [2.45, 2.75) is 51.7 Å². The lowest BCUT2D eigenvalue weighted by Crippen LogP contribution is -2.33. The van der Waals surface area contributed by atoms with E-state index in [4.69, 9.17) is 4.74 Å². The van der Waals surface area contributed by atoms with Crippen molar-refractivity contribution < 1.29 is 24.2 Å². The second-order valence-corrected chi connectivity index (χ2v) is 5.94. The molecule has 1 aliphatic rings. The molecule has 0 bridgehead atoms. The van der Waals surface area contributed by atoms with E-state index in [1.807, 2.05) is 30.3 Å². The van der Waals surface area contributed by atoms with Gasteiger partial charge in [-0.2, -0.15) is 0 Å². The number of hydrogen-bond donors (Lipinski definition) is 1. The van der Waals surface area contributed by atoms with Gasteiger partial charge in [-0.15, -0.1) is 0 Å². The molecule has 1 aromatic carbocycles. The number of rotatable bonds is 8. The third-order valence-electron chi connectivity index (χ3n) is 4.14. The first-order valence-electron chi connectivity index (χ1n) is 8.10. The zero-order valence-corrected chi connectivity index (χ0v) is 14.0. The molecule has 0 saturated heterocycles. The number of carbonyl (C=O) groups excluding carboxylic acids is 3. The Hall–Kier alpha value is -2.27. The van der Waals surface area contributed by atoms with Gasteiger partial charge in [-0.05, 0) is 30.0 Å². The number of benzene rings is 1. The van der Waals surface area contributed by atoms with Crippen molar-refractivity contribution >= 4 is 23.1 Å². The monoisotopic (exact) mass is 330 g/mol. The number of aliphatic hydroxyl groups excluding tert-OH is 1. The van der Waals surface area contributed by atoms with E-state index in [0.29, 0.717) is 0 Å². The number of hydrogen-bond acceptors (Lipinski definition) is 5. The van der Waals surface area contributed by atoms with Crippen molar-refractivity contribution in [1.82, 2.24) is 0 Å². The Morgan fingerprint density at radius 3 is 2.62 bits per heavy atom. The molecular formula is C19H22O5. The van der Waals surface area contributed by atoms with Gasteiger partial charge >= 0.3 is 5.97 Å². The smallest absolute Gasteiger partial charge is 0.336 e. The van der Waals surface area contributed by atoms with Crippen molar-refractivity contribution in [1.29, 1.82) is 0 Å². The van der Waals surface area contributed by atoms with Gasteiger partial charge in [-0.1, -0.05) is 37.3 Å². The molecule has 0 heterocycles. The molecule has 5 nitrogen and oxygen atoms in total. The normalized spacial score (nSPS) is 15.2. The van der Waals surface area contributed by atoms with Gasteiger partial charge in [0.05, 0.1) is 6.42 Å². The fourth-order valence-corrected chi connectivity index (χ4v) is 2.68. The number of ketones is 2. The summed E-state index contributed by atoms with van der Waals surface area (Å²) in [5.41, 5.74) is 3.07. The minimum absolute atomic E-state index is 0.127. The van der Waals surface area contributed by atoms with Gasteiger partial charge in [0.15, 0.2) is 18.0 Å². The van der Waals surface area contributed by atoms with E-state index in [1.165, 1.54) is 6.92 Å². The largest absolute Gasteiger partial charge is 0.452 e. The molecule has 0 saturated carbocycles. The van der Waals surface area contributed by atoms with E-state index >= 15 is 0 Å². The number of carbonyl (C=O) groups is 3. The molecule has 0 fully saturated rings. The first kappa shape index (κ1) is 18.1. The lowest BCUT2D eigenvalue weighted by molar-refractivity contribution is -0.163. The van der Waals surface area contributed by atoms with Crippen LogP contribution in [0.1, 0.15) is 44.2 Å². The summed E-state index contributed by atoms with van der Waals surface area (Å²) in [4.78, 5) is 35.1. The number of ether oxygens (including phenoxy) is 1. The average Bonchev–Trinajstić information content (AvgIpc) is 2.97. The van der Waals surface area contributed by atoms with E-state index in [9.17, 15) is 19.5 Å². The van der Waals surface area contributed by atoms with Gasteiger partial charge in [-0.3, -0.25) is 9.59 Å². The zero-order valence-electron chi connectivity index (χ0n) is 14.0. The first-order valence-corrected chi connectivity index (χ1v) is 8.10. The van der Waals surface area contributed by atoms with E-state index in [-0.39, 0.29) is 25.0 Å². The standard InChI is InChI=1S/C19H22O5/c1-3-15(21)11-18(12(2)20)24-19(23)17(22)10-14-9-8-13-6-4-5-7-16(13)14/h4-7,9,17-18,22H,3,8,10-11H2,1-2H3. The Labute approximate surface area is 141 Å². The molecule has 24 heavy (non-hydrogen) atoms. The van der Waals surface area contributed by atoms with Gasteiger partial charge < -0.3 is 9.84 Å². The Morgan fingerprint density at radius 2 is 1.96 bits per heavy atom. The van der Waals surface area contributed by atoms with Crippen LogP contribution in [0.25, 0.3) is 5.57 Å². The van der Waals surface area contributed by atoms with E-state index in [2.05, 4.69) is 0 Å². The second-order valence-electron chi connectivity index (χ2n) is 5.94. The van der Waals surface area contributed by atoms with Crippen molar-refractivity contribution in [3.05, 3.63) is 41.5 Å². The fraction of sp³-hybridized carbons (Fsp3) is 0.421. The van der Waals surface area contributed by atoms with Crippen LogP contribution in [0.15, 0.2) is 30.3 Å². The summed E-state index contributed by atoms with van der Waals surface area (Å²) in [5.74, 6) is -1.43. The molecule has 1 N–H and O–H groups in total. The number of allylic oxidation sites excluding steroid dienone is 1. The van der Waals surface area contributed by atoms with Gasteiger partial charge in [0.2, 0.25) is 0 Å². The van der Waals surface area contributed by atoms with Crippen LogP contribution in [-0.2, 0) is 25.5 Å². The van der Waals surface area contributed by atoms with Crippen LogP contribution in [0.4, 0.5) is 0 Å². The molecule has 2 rings (SSSR count). The van der Waals surface area contributed by atoms with Gasteiger partial charge in [-0.25, -0.2) is 4.79 Å². The molecular weight excluding hydrogens is 308 g/mol. The summed E-state index contributed by atoms with van der Waals surface area (Å²) in [6, 6.07) is 7.81. The lowest BCUT2D eigenvalue weighted by Gasteiger charge is -2.17. The van der Waals surface area contributed by atoms with Crippen molar-refractivity contribution in [2.24, 2.45) is 0 Å². The minimum atomic E-state index is -1.36. The maximum absolute atomic E-state index is 12.1. The first-order chi connectivity index (χ1) is 11.4. The molecule has 0 spiro atoms. The number of esters is 1. The Kier molecular flexibility index (Phi) is 6.04. The Bertz CT molecular complexity index is 674. The number of aliphatic hydroxyl groups is 1. The molecule has 2 atom stereocenters. The summed E-state index contributed by atoms with van der Waals surface area (Å²) in [6.07, 6.45) is 0.523. The SMILES string of the molecule is CCC(=O)CC(OC(=O)C(O)CC1=CCc2ccccc21)C(C)=O. The fourth-order valence-electron chi connectivity index (χ4n) is 2.68. The number of fused-ring (bicyclic) bond motifs is 1. The van der Waals surface area contributed by atoms with Crippen LogP contribution in [0, 0.1) is 0 Å². The summed E-state index contributed by atoms with van der Waals surface area (Å²) in [6.45, 7) is 2.95. The summed E-state index contributed by atoms with van der Waals surface area (Å²) >= 11 is 0. The van der Waals surface area contributed by atoms with Crippen LogP contribution in [0.3, 0.4) is 0 Å². The summed E-state index contributed by atoms with van der Waals surface area (Å²) in [7, 11) is 0. The minimum Gasteiger partial charge on any atom is -0.452 e. The van der Waals surface area contributed by atoms with Crippen LogP contribution in [0.2, 0.25) is 0 Å². The molecule has 2 unspecified atom stereocenters. The van der Waals surface area contributed by atoms with E-state index in [1.54, 1.807) is 6.92 Å². The highest BCUT2D eigenvalue weighted by Gasteiger charge is 2.27. The van der Waals surface area contributed by atoms with E-state index < -0.39 is 24.0 Å². The second kappa shape index (κ2) is 8.02. The highest BCUT2D eigenvalue weighted by atomic mass is 16.6. The maximum atomic E-state index is 12.1. The van der Waals surface area contributed by atoms with Crippen LogP contribution in [-0.4, -0.2) is 34.9 Å². The van der Waals surface area contributed by atoms with Crippen LogP contribution in [0.5, 0.6) is 0 Å². The third-order valence-corrected chi connectivity index (χ3v) is 4.14. The van der Waals surface area contributed by atoms with Gasteiger partial charge in [0.1, 0.15) is 5.78 Å². The molecule has 0 aliphatic heterocycles. The van der Waals surface area contributed by atoms with Crippen LogP contribution >= 0.6 is 0 Å². The molecule has 1 aromatic rings. The molecule has 128 valence electrons. The topological polar surface area (TPSA) is 80.7 Å². The Morgan fingerprint density at radius 1 is 1.25 bits per heavy atom. The van der Waals surface area contributed by atoms with Crippen molar-refractivity contribution in [3.8, 4) is 0 Å². The van der Waals surface area contributed by atoms with Gasteiger partial charge in [0.25, 0.3) is 0 Å². The van der Waals surface area contributed by atoms with Crippen molar-refractivity contribution in [3.63, 3.8) is 0 Å². The quantitative estimate of drug-likeness (QED) is 0.739.